The van der Waals surface area contributed by atoms with Crippen LogP contribution in [0.2, 0.25) is 0 Å². The molecule has 0 atom stereocenters. The summed E-state index contributed by atoms with van der Waals surface area (Å²) in [4.78, 5) is 4.27. The third kappa shape index (κ3) is 3.58. The Bertz CT molecular complexity index is 421. The Kier molecular flexibility index (Phi) is 4.80. The first-order chi connectivity index (χ1) is 7.45. The first-order valence-electron chi connectivity index (χ1n) is 4.84. The number of aliphatic imine (C=N–C) groups is 1. The molecule has 1 N–H and O–H groups in total. The van der Waals surface area contributed by atoms with Gasteiger partial charge in [-0.15, -0.1) is 0 Å². The molecule has 0 aliphatic carbocycles. The minimum absolute atomic E-state index is 0. The number of hydrogen-bond donors (Lipinski definition) is 1. The molecule has 2 aromatic rings. The predicted octanol–water partition coefficient (Wildman–Crippen LogP) is 4.09. The van der Waals surface area contributed by atoms with Gasteiger partial charge < -0.3 is 5.32 Å². The van der Waals surface area contributed by atoms with Crippen LogP contribution in [0.25, 0.3) is 0 Å². The summed E-state index contributed by atoms with van der Waals surface area (Å²) in [5, 5.41) is 3.10. The van der Waals surface area contributed by atoms with E-state index in [-0.39, 0.29) is 7.43 Å². The van der Waals surface area contributed by atoms with E-state index < -0.39 is 0 Å². The summed E-state index contributed by atoms with van der Waals surface area (Å²) in [7, 11) is 0. The largest absolute Gasteiger partial charge is 0.346 e. The molecule has 0 aromatic heterocycles. The van der Waals surface area contributed by atoms with Crippen LogP contribution in [0.1, 0.15) is 7.43 Å². The van der Waals surface area contributed by atoms with E-state index in [1.165, 1.54) is 0 Å². The highest BCUT2D eigenvalue weighted by atomic mass is 14.9. The average molecular weight is 212 g/mol. The molecule has 2 heteroatoms. The van der Waals surface area contributed by atoms with Crippen molar-refractivity contribution in [2.45, 2.75) is 7.43 Å². The van der Waals surface area contributed by atoms with Crippen LogP contribution in [0.4, 0.5) is 11.4 Å². The van der Waals surface area contributed by atoms with Crippen molar-refractivity contribution in [3.8, 4) is 0 Å². The molecule has 0 saturated heterocycles. The highest BCUT2D eigenvalue weighted by Crippen LogP contribution is 2.09. The number of para-hydroxylation sites is 2. The van der Waals surface area contributed by atoms with E-state index in [1.807, 2.05) is 60.7 Å². The van der Waals surface area contributed by atoms with Gasteiger partial charge in [0, 0.05) is 5.69 Å². The molecular weight excluding hydrogens is 196 g/mol. The van der Waals surface area contributed by atoms with Crippen LogP contribution in [-0.4, -0.2) is 6.34 Å². The summed E-state index contributed by atoms with van der Waals surface area (Å²) >= 11 is 0. The molecule has 0 heterocycles. The van der Waals surface area contributed by atoms with E-state index in [1.54, 1.807) is 6.34 Å². The van der Waals surface area contributed by atoms with Crippen LogP contribution < -0.4 is 5.32 Å². The Morgan fingerprint density at radius 3 is 2.00 bits per heavy atom. The van der Waals surface area contributed by atoms with Crippen molar-refractivity contribution in [1.82, 2.24) is 0 Å². The fourth-order valence-electron chi connectivity index (χ4n) is 1.23. The lowest BCUT2D eigenvalue weighted by Crippen LogP contribution is -1.92. The van der Waals surface area contributed by atoms with Crippen LogP contribution in [0.15, 0.2) is 65.7 Å². The Balaban J connectivity index is 0.00000128. The van der Waals surface area contributed by atoms with Crippen molar-refractivity contribution >= 4 is 17.7 Å². The molecule has 0 amide bonds. The van der Waals surface area contributed by atoms with E-state index in [9.17, 15) is 0 Å². The van der Waals surface area contributed by atoms with Gasteiger partial charge in [0.25, 0.3) is 0 Å². The van der Waals surface area contributed by atoms with Gasteiger partial charge in [-0.1, -0.05) is 43.8 Å². The summed E-state index contributed by atoms with van der Waals surface area (Å²) < 4.78 is 0. The predicted molar refractivity (Wildman–Crippen MR) is 71.4 cm³/mol. The van der Waals surface area contributed by atoms with Gasteiger partial charge in [0.2, 0.25) is 0 Å². The Morgan fingerprint density at radius 2 is 1.38 bits per heavy atom. The third-order valence-electron chi connectivity index (χ3n) is 1.97. The molecule has 0 fully saturated rings. The number of benzene rings is 2. The topological polar surface area (TPSA) is 24.4 Å². The summed E-state index contributed by atoms with van der Waals surface area (Å²) in [5.41, 5.74) is 1.98. The molecule has 0 unspecified atom stereocenters. The van der Waals surface area contributed by atoms with E-state index in [2.05, 4.69) is 10.3 Å². The zero-order valence-corrected chi connectivity index (χ0v) is 8.30. The van der Waals surface area contributed by atoms with Crippen molar-refractivity contribution in [3.05, 3.63) is 60.7 Å². The summed E-state index contributed by atoms with van der Waals surface area (Å²) in [5.74, 6) is 0. The van der Waals surface area contributed by atoms with E-state index >= 15 is 0 Å². The van der Waals surface area contributed by atoms with Crippen LogP contribution in [-0.2, 0) is 0 Å². The van der Waals surface area contributed by atoms with Crippen LogP contribution in [0.5, 0.6) is 0 Å². The van der Waals surface area contributed by atoms with Crippen molar-refractivity contribution in [1.29, 1.82) is 0 Å². The second-order valence-electron chi connectivity index (χ2n) is 3.10. The first kappa shape index (κ1) is 12.0. The monoisotopic (exact) mass is 212 g/mol. The van der Waals surface area contributed by atoms with Crippen molar-refractivity contribution in [2.24, 2.45) is 4.99 Å². The maximum atomic E-state index is 4.27. The molecular formula is C14H16N2. The summed E-state index contributed by atoms with van der Waals surface area (Å²) in [6.07, 6.45) is 1.70. The Morgan fingerprint density at radius 1 is 0.812 bits per heavy atom. The van der Waals surface area contributed by atoms with Gasteiger partial charge in [0.1, 0.15) is 0 Å². The molecule has 82 valence electrons. The van der Waals surface area contributed by atoms with E-state index in [0.717, 1.165) is 11.4 Å². The third-order valence-corrected chi connectivity index (χ3v) is 1.97. The number of rotatable bonds is 3. The Hall–Kier alpha value is -2.09. The fourth-order valence-corrected chi connectivity index (χ4v) is 1.23. The van der Waals surface area contributed by atoms with Crippen molar-refractivity contribution < 1.29 is 0 Å². The van der Waals surface area contributed by atoms with Gasteiger partial charge in [-0.05, 0) is 24.3 Å². The number of nitrogens with one attached hydrogen (secondary N) is 1. The van der Waals surface area contributed by atoms with Gasteiger partial charge in [0.15, 0.2) is 0 Å². The summed E-state index contributed by atoms with van der Waals surface area (Å²) in [6, 6.07) is 19.8. The standard InChI is InChI=1S/C13H12N2.CH4/c1-3-7-12(8-4-1)14-11-15-13-9-5-2-6-10-13;/h1-11H,(H,14,15);1H4. The Labute approximate surface area is 96.7 Å². The molecule has 2 nitrogen and oxygen atoms in total. The van der Waals surface area contributed by atoms with Crippen LogP contribution in [0.3, 0.4) is 0 Å². The van der Waals surface area contributed by atoms with Crippen molar-refractivity contribution in [2.75, 3.05) is 5.32 Å². The van der Waals surface area contributed by atoms with Gasteiger partial charge >= 0.3 is 0 Å². The number of hydrogen-bond acceptors (Lipinski definition) is 1. The van der Waals surface area contributed by atoms with Crippen LogP contribution >= 0.6 is 0 Å². The zero-order chi connectivity index (χ0) is 10.3. The lowest BCUT2D eigenvalue weighted by Gasteiger charge is -1.98. The lowest BCUT2D eigenvalue weighted by molar-refractivity contribution is 1.52. The summed E-state index contributed by atoms with van der Waals surface area (Å²) in [6.45, 7) is 0. The molecule has 0 aliphatic heterocycles. The quantitative estimate of drug-likeness (QED) is 0.601. The van der Waals surface area contributed by atoms with Crippen molar-refractivity contribution in [3.63, 3.8) is 0 Å². The van der Waals surface area contributed by atoms with Gasteiger partial charge in [0.05, 0.1) is 12.0 Å². The minimum atomic E-state index is 0. The molecule has 2 rings (SSSR count). The fraction of sp³-hybridized carbons (Fsp3) is 0.0714. The highest BCUT2D eigenvalue weighted by Gasteiger charge is 1.85. The molecule has 2 aromatic carbocycles. The van der Waals surface area contributed by atoms with Gasteiger partial charge in [-0.25, -0.2) is 4.99 Å². The first-order valence-corrected chi connectivity index (χ1v) is 4.84. The van der Waals surface area contributed by atoms with Gasteiger partial charge in [-0.3, -0.25) is 0 Å². The molecule has 0 aliphatic rings. The average Bonchev–Trinajstić information content (AvgIpc) is 2.32. The molecule has 0 saturated carbocycles. The lowest BCUT2D eigenvalue weighted by atomic mass is 10.3. The molecule has 0 spiro atoms. The SMILES string of the molecule is C.C(=Nc1ccccc1)Nc1ccccc1. The van der Waals surface area contributed by atoms with E-state index in [0.29, 0.717) is 0 Å². The molecule has 0 radical (unpaired) electrons. The normalized spacial score (nSPS) is 9.75. The maximum Gasteiger partial charge on any atom is 0.0930 e. The molecule has 16 heavy (non-hydrogen) atoms. The minimum Gasteiger partial charge on any atom is -0.346 e. The maximum absolute atomic E-state index is 4.27. The smallest absolute Gasteiger partial charge is 0.0930 e. The number of nitrogens with zero attached hydrogens (tertiary/aromatic N) is 1. The van der Waals surface area contributed by atoms with E-state index in [4.69, 9.17) is 0 Å². The second-order valence-corrected chi connectivity index (χ2v) is 3.10. The second kappa shape index (κ2) is 6.40. The highest BCUT2D eigenvalue weighted by molar-refractivity contribution is 5.77. The zero-order valence-electron chi connectivity index (χ0n) is 8.30. The van der Waals surface area contributed by atoms with Gasteiger partial charge in [-0.2, -0.15) is 0 Å². The van der Waals surface area contributed by atoms with Crippen LogP contribution in [0, 0.1) is 0 Å². The molecule has 0 bridgehead atoms. The number of anilines is 1.